The fraction of sp³-hybridized carbons (Fsp3) is 0.333. The molecular formula is C21H20Cl2F2N4O2S. The number of ketones is 1. The predicted molar refractivity (Wildman–Crippen MR) is 123 cm³/mol. The molecule has 0 radical (unpaired) electrons. The van der Waals surface area contributed by atoms with Gasteiger partial charge in [0.15, 0.2) is 11.0 Å². The molecule has 0 unspecified atom stereocenters. The molecule has 2 N–H and O–H groups in total. The van der Waals surface area contributed by atoms with Crippen LogP contribution in [0.25, 0.3) is 6.08 Å². The van der Waals surface area contributed by atoms with Gasteiger partial charge in [-0.25, -0.2) is 4.99 Å². The van der Waals surface area contributed by atoms with Crippen molar-refractivity contribution >= 4 is 52.0 Å². The van der Waals surface area contributed by atoms with Crippen LogP contribution in [0.5, 0.6) is 0 Å². The van der Waals surface area contributed by atoms with Gasteiger partial charge in [0.2, 0.25) is 0 Å². The number of pyridine rings is 2. The lowest BCUT2D eigenvalue weighted by atomic mass is 9.90. The quantitative estimate of drug-likeness (QED) is 0.515. The van der Waals surface area contributed by atoms with Crippen LogP contribution in [0.4, 0.5) is 8.78 Å². The Bertz CT molecular complexity index is 1030. The fourth-order valence-electron chi connectivity index (χ4n) is 3.34. The Balaban J connectivity index is 1.75. The summed E-state index contributed by atoms with van der Waals surface area (Å²) < 4.78 is 29.4. The number of amidine groups is 1. The van der Waals surface area contributed by atoms with Gasteiger partial charge in [-0.15, -0.1) is 0 Å². The summed E-state index contributed by atoms with van der Waals surface area (Å²) in [5.41, 5.74) is 7.42. The third kappa shape index (κ3) is 6.71. The lowest BCUT2D eigenvalue weighted by Crippen LogP contribution is -2.36. The average Bonchev–Trinajstić information content (AvgIpc) is 2.72. The molecule has 0 saturated carbocycles. The monoisotopic (exact) mass is 500 g/mol. The van der Waals surface area contributed by atoms with Crippen molar-refractivity contribution in [2.75, 3.05) is 6.61 Å². The minimum Gasteiger partial charge on any atom is -0.379 e. The first-order valence-corrected chi connectivity index (χ1v) is 11.2. The van der Waals surface area contributed by atoms with Crippen molar-refractivity contribution < 1.29 is 18.3 Å². The first-order valence-electron chi connectivity index (χ1n) is 9.54. The normalized spacial score (nSPS) is 20.7. The number of ether oxygens (including phenoxy) is 1. The highest BCUT2D eigenvalue weighted by atomic mass is 35.5. The van der Waals surface area contributed by atoms with Gasteiger partial charge in [0, 0.05) is 24.1 Å². The Kier molecular flexibility index (Phi) is 8.21. The summed E-state index contributed by atoms with van der Waals surface area (Å²) in [5.74, 6) is -0.176. The minimum atomic E-state index is -2.85. The number of hydrogen-bond donors (Lipinski definition) is 1. The summed E-state index contributed by atoms with van der Waals surface area (Å²) in [7, 11) is 0. The first kappa shape index (κ1) is 24.6. The van der Waals surface area contributed by atoms with E-state index in [-0.39, 0.29) is 33.7 Å². The molecule has 3 rings (SSSR count). The van der Waals surface area contributed by atoms with E-state index in [9.17, 15) is 13.6 Å². The number of nitrogens with zero attached hydrogens (tertiary/aromatic N) is 3. The largest absolute Gasteiger partial charge is 0.379 e. The molecule has 0 aromatic carbocycles. The Morgan fingerprint density at radius 1 is 1.38 bits per heavy atom. The summed E-state index contributed by atoms with van der Waals surface area (Å²) in [6.45, 7) is -1.17. The predicted octanol–water partition coefficient (Wildman–Crippen LogP) is 4.95. The van der Waals surface area contributed by atoms with Crippen LogP contribution in [0, 0.1) is 0 Å². The molecule has 0 amide bonds. The number of nitrogens with two attached hydrogens (primary N) is 1. The maximum Gasteiger partial charge on any atom is 0.345 e. The number of thioether (sulfide) groups is 1. The van der Waals surface area contributed by atoms with E-state index in [2.05, 4.69) is 19.7 Å². The molecular weight excluding hydrogens is 481 g/mol. The van der Waals surface area contributed by atoms with Gasteiger partial charge >= 0.3 is 6.61 Å². The third-order valence-corrected chi connectivity index (χ3v) is 5.95. The van der Waals surface area contributed by atoms with Gasteiger partial charge in [0.1, 0.15) is 15.7 Å². The van der Waals surface area contributed by atoms with Crippen molar-refractivity contribution in [3.8, 4) is 0 Å². The second-order valence-corrected chi connectivity index (χ2v) is 9.65. The number of aliphatic imine (C=N–C) groups is 1. The Hall–Kier alpha value is -2.07. The van der Waals surface area contributed by atoms with Crippen molar-refractivity contribution in [1.29, 1.82) is 0 Å². The molecule has 0 fully saturated rings. The molecule has 11 heteroatoms. The third-order valence-electron chi connectivity index (χ3n) is 4.77. The van der Waals surface area contributed by atoms with Gasteiger partial charge in [-0.2, -0.15) is 8.78 Å². The van der Waals surface area contributed by atoms with Crippen LogP contribution in [-0.4, -0.2) is 39.4 Å². The van der Waals surface area contributed by atoms with E-state index in [4.69, 9.17) is 28.9 Å². The maximum absolute atomic E-state index is 12.7. The molecule has 1 aliphatic rings. The summed E-state index contributed by atoms with van der Waals surface area (Å²) in [4.78, 5) is 25.7. The van der Waals surface area contributed by atoms with Crippen molar-refractivity contribution in [3.05, 3.63) is 63.7 Å². The molecule has 170 valence electrons. The highest BCUT2D eigenvalue weighted by Gasteiger charge is 2.36. The molecule has 2 atom stereocenters. The molecule has 3 heterocycles. The molecule has 0 bridgehead atoms. The molecule has 0 aliphatic carbocycles. The van der Waals surface area contributed by atoms with E-state index in [1.54, 1.807) is 30.5 Å². The molecule has 6 nitrogen and oxygen atoms in total. The van der Waals surface area contributed by atoms with Gasteiger partial charge in [-0.1, -0.05) is 41.0 Å². The van der Waals surface area contributed by atoms with E-state index in [1.165, 1.54) is 24.0 Å². The van der Waals surface area contributed by atoms with Crippen molar-refractivity contribution in [2.24, 2.45) is 10.7 Å². The zero-order chi connectivity index (χ0) is 23.3. The Morgan fingerprint density at radius 2 is 2.16 bits per heavy atom. The number of aromatic nitrogens is 2. The number of hydrogen-bond acceptors (Lipinski definition) is 7. The van der Waals surface area contributed by atoms with Crippen molar-refractivity contribution in [3.63, 3.8) is 0 Å². The summed E-state index contributed by atoms with van der Waals surface area (Å²) in [6.07, 6.45) is 5.14. The molecule has 2 aromatic rings. The van der Waals surface area contributed by atoms with Crippen LogP contribution in [0.3, 0.4) is 0 Å². The number of alkyl halides is 2. The smallest absolute Gasteiger partial charge is 0.345 e. The summed E-state index contributed by atoms with van der Waals surface area (Å²) >= 11 is 12.5. The topological polar surface area (TPSA) is 90.5 Å². The van der Waals surface area contributed by atoms with Crippen molar-refractivity contribution in [2.45, 2.75) is 37.2 Å². The summed E-state index contributed by atoms with van der Waals surface area (Å²) in [6, 6.07) is 6.81. The van der Waals surface area contributed by atoms with Crippen LogP contribution >= 0.6 is 35.0 Å². The van der Waals surface area contributed by atoms with Crippen LogP contribution in [0.2, 0.25) is 0 Å². The lowest BCUT2D eigenvalue weighted by Gasteiger charge is -2.33. The zero-order valence-corrected chi connectivity index (χ0v) is 19.3. The van der Waals surface area contributed by atoms with Crippen LogP contribution in [-0.2, 0) is 16.7 Å². The Morgan fingerprint density at radius 3 is 2.81 bits per heavy atom. The van der Waals surface area contributed by atoms with Gasteiger partial charge in [0.25, 0.3) is 0 Å². The van der Waals surface area contributed by atoms with Crippen LogP contribution < -0.4 is 5.73 Å². The average molecular weight is 501 g/mol. The Labute approximate surface area is 198 Å². The highest BCUT2D eigenvalue weighted by molar-refractivity contribution is 8.14. The fourth-order valence-corrected chi connectivity index (χ4v) is 4.74. The van der Waals surface area contributed by atoms with E-state index in [1.807, 2.05) is 6.92 Å². The number of halogens is 4. The van der Waals surface area contributed by atoms with E-state index in [0.717, 1.165) is 5.56 Å². The van der Waals surface area contributed by atoms with Crippen LogP contribution in [0.1, 0.15) is 40.7 Å². The van der Waals surface area contributed by atoms with Gasteiger partial charge < -0.3 is 10.5 Å². The van der Waals surface area contributed by atoms with E-state index < -0.39 is 12.2 Å². The second-order valence-electron chi connectivity index (χ2n) is 7.32. The maximum atomic E-state index is 12.7. The second kappa shape index (κ2) is 10.7. The van der Waals surface area contributed by atoms with Gasteiger partial charge in [-0.3, -0.25) is 14.8 Å². The SMILES string of the molecule is C[C@@]1(c2cc(CC(=O)c3ccc(C=C(Cl)Cl)cn3)ccn2)C[C@@H](COC(F)F)SC(N)=N1. The minimum absolute atomic E-state index is 0.0936. The number of rotatable bonds is 8. The van der Waals surface area contributed by atoms with E-state index in [0.29, 0.717) is 23.4 Å². The first-order chi connectivity index (χ1) is 15.1. The van der Waals surface area contributed by atoms with E-state index >= 15 is 0 Å². The molecule has 0 saturated heterocycles. The summed E-state index contributed by atoms with van der Waals surface area (Å²) in [5, 5.41) is -0.0165. The van der Waals surface area contributed by atoms with Crippen molar-refractivity contribution in [1.82, 2.24) is 9.97 Å². The molecule has 32 heavy (non-hydrogen) atoms. The highest BCUT2D eigenvalue weighted by Crippen LogP contribution is 2.38. The van der Waals surface area contributed by atoms with Crippen LogP contribution in [0.15, 0.2) is 46.1 Å². The lowest BCUT2D eigenvalue weighted by molar-refractivity contribution is -0.128. The number of carbonyl (C=O) groups excluding carboxylic acids is 1. The molecule has 0 spiro atoms. The molecule has 1 aliphatic heterocycles. The molecule has 2 aromatic heterocycles. The number of Topliss-reactive ketones (excluding diaryl/α,β-unsaturated/α-hetero) is 1. The van der Waals surface area contributed by atoms with Gasteiger partial charge in [0.05, 0.1) is 12.3 Å². The zero-order valence-electron chi connectivity index (χ0n) is 17.0. The van der Waals surface area contributed by atoms with Gasteiger partial charge in [-0.05, 0) is 48.7 Å². The standard InChI is InChI=1S/C21H20Cl2F2N4O2S/c1-21(9-14(11-31-19(24)25)32-20(26)29-21)17-7-12(4-5-27-17)6-16(30)15-3-2-13(10-28-15)8-18(22)23/h2-5,7-8,10,14,19H,6,9,11H2,1H3,(H2,26,29)/t14-,21-/m0/s1. The number of carbonyl (C=O) groups is 1.